The quantitative estimate of drug-likeness (QED) is 0.764. The van der Waals surface area contributed by atoms with E-state index in [0.717, 1.165) is 19.5 Å². The molecule has 2 rings (SSSR count). The Morgan fingerprint density at radius 2 is 1.78 bits per heavy atom. The summed E-state index contributed by atoms with van der Waals surface area (Å²) in [6.45, 7) is 5.68. The molecule has 1 aliphatic rings. The van der Waals surface area contributed by atoms with Crippen LogP contribution in [0.2, 0.25) is 0 Å². The molecule has 4 heteroatoms. The molecule has 0 saturated carbocycles. The number of piperidine rings is 1. The molecule has 1 saturated heterocycles. The molecule has 2 nitrogen and oxygen atoms in total. The molecular formula is C14H16F2N2. The first-order valence-electron chi connectivity index (χ1n) is 6.16. The van der Waals surface area contributed by atoms with Crippen LogP contribution in [0.3, 0.4) is 0 Å². The van der Waals surface area contributed by atoms with Gasteiger partial charge >= 0.3 is 0 Å². The van der Waals surface area contributed by atoms with Crippen LogP contribution in [0, 0.1) is 34.8 Å². The summed E-state index contributed by atoms with van der Waals surface area (Å²) >= 11 is 0. The third kappa shape index (κ3) is 2.31. The van der Waals surface area contributed by atoms with E-state index < -0.39 is 11.6 Å². The van der Waals surface area contributed by atoms with Crippen molar-refractivity contribution in [2.75, 3.05) is 18.0 Å². The Labute approximate surface area is 106 Å². The van der Waals surface area contributed by atoms with Crippen LogP contribution in [-0.2, 0) is 0 Å². The van der Waals surface area contributed by atoms with Crippen LogP contribution in [0.4, 0.5) is 14.5 Å². The lowest BCUT2D eigenvalue weighted by atomic mass is 9.91. The Hall–Kier alpha value is -1.63. The SMILES string of the molecule is CC1CC(C)CN(c2ccc(C#N)c(F)c2F)C1. The molecule has 0 aliphatic carbocycles. The average Bonchev–Trinajstić information content (AvgIpc) is 2.31. The van der Waals surface area contributed by atoms with Crippen molar-refractivity contribution in [2.24, 2.45) is 11.8 Å². The molecule has 0 radical (unpaired) electrons. The monoisotopic (exact) mass is 250 g/mol. The van der Waals surface area contributed by atoms with E-state index in [9.17, 15) is 8.78 Å². The van der Waals surface area contributed by atoms with Gasteiger partial charge in [0.15, 0.2) is 11.6 Å². The molecule has 1 heterocycles. The zero-order chi connectivity index (χ0) is 13.3. The summed E-state index contributed by atoms with van der Waals surface area (Å²) in [6, 6.07) is 4.50. The highest BCUT2D eigenvalue weighted by Gasteiger charge is 2.25. The third-order valence-corrected chi connectivity index (χ3v) is 3.39. The molecule has 96 valence electrons. The number of anilines is 1. The van der Waals surface area contributed by atoms with Gasteiger partial charge in [-0.1, -0.05) is 13.8 Å². The predicted molar refractivity (Wildman–Crippen MR) is 66.2 cm³/mol. The summed E-state index contributed by atoms with van der Waals surface area (Å²) in [5.74, 6) is -1.02. The van der Waals surface area contributed by atoms with Gasteiger partial charge < -0.3 is 4.90 Å². The van der Waals surface area contributed by atoms with Crippen LogP contribution in [0.1, 0.15) is 25.8 Å². The van der Waals surface area contributed by atoms with Crippen molar-refractivity contribution in [3.63, 3.8) is 0 Å². The lowest BCUT2D eigenvalue weighted by Gasteiger charge is -2.36. The van der Waals surface area contributed by atoms with Crippen molar-refractivity contribution in [2.45, 2.75) is 20.3 Å². The van der Waals surface area contributed by atoms with E-state index in [-0.39, 0.29) is 11.3 Å². The first-order valence-corrected chi connectivity index (χ1v) is 6.16. The van der Waals surface area contributed by atoms with Crippen molar-refractivity contribution >= 4 is 5.69 Å². The highest BCUT2D eigenvalue weighted by atomic mass is 19.2. The number of hydrogen-bond acceptors (Lipinski definition) is 2. The standard InChI is InChI=1S/C14H16F2N2/c1-9-5-10(2)8-18(7-9)12-4-3-11(6-17)13(15)14(12)16/h3-4,9-10H,5,7-8H2,1-2H3. The fourth-order valence-electron chi connectivity index (χ4n) is 2.73. The van der Waals surface area contributed by atoms with Crippen molar-refractivity contribution in [3.8, 4) is 6.07 Å². The van der Waals surface area contributed by atoms with Gasteiger partial charge in [-0.05, 0) is 30.4 Å². The summed E-state index contributed by atoms with van der Waals surface area (Å²) in [4.78, 5) is 1.87. The first kappa shape index (κ1) is 12.8. The summed E-state index contributed by atoms with van der Waals surface area (Å²) < 4.78 is 27.5. The lowest BCUT2D eigenvalue weighted by molar-refractivity contribution is 0.353. The summed E-state index contributed by atoms with van der Waals surface area (Å²) in [7, 11) is 0. The van der Waals surface area contributed by atoms with E-state index in [1.165, 1.54) is 12.1 Å². The van der Waals surface area contributed by atoms with Crippen LogP contribution < -0.4 is 4.90 Å². The van der Waals surface area contributed by atoms with Crippen molar-refractivity contribution in [3.05, 3.63) is 29.3 Å². The predicted octanol–water partition coefficient (Wildman–Crippen LogP) is 3.32. The second-order valence-electron chi connectivity index (χ2n) is 5.22. The molecule has 2 unspecified atom stereocenters. The molecule has 1 aromatic rings. The number of halogens is 2. The van der Waals surface area contributed by atoms with E-state index >= 15 is 0 Å². The normalized spacial score (nSPS) is 23.8. The van der Waals surface area contributed by atoms with E-state index in [0.29, 0.717) is 11.8 Å². The van der Waals surface area contributed by atoms with Crippen LogP contribution in [0.25, 0.3) is 0 Å². The second kappa shape index (κ2) is 4.93. The molecule has 1 aromatic carbocycles. The van der Waals surface area contributed by atoms with Gasteiger partial charge in [-0.3, -0.25) is 0 Å². The van der Waals surface area contributed by atoms with E-state index in [1.54, 1.807) is 6.07 Å². The maximum atomic E-state index is 13.9. The van der Waals surface area contributed by atoms with E-state index in [4.69, 9.17) is 5.26 Å². The van der Waals surface area contributed by atoms with E-state index in [2.05, 4.69) is 13.8 Å². The van der Waals surface area contributed by atoms with Crippen molar-refractivity contribution in [1.29, 1.82) is 5.26 Å². The second-order valence-corrected chi connectivity index (χ2v) is 5.22. The zero-order valence-corrected chi connectivity index (χ0v) is 10.6. The molecule has 18 heavy (non-hydrogen) atoms. The van der Waals surface area contributed by atoms with Crippen LogP contribution in [-0.4, -0.2) is 13.1 Å². The Balaban J connectivity index is 2.34. The minimum Gasteiger partial charge on any atom is -0.369 e. The molecule has 0 bridgehead atoms. The minimum atomic E-state index is -1.04. The Bertz CT molecular complexity index is 483. The van der Waals surface area contributed by atoms with E-state index in [1.807, 2.05) is 4.90 Å². The first-order chi connectivity index (χ1) is 8.52. The van der Waals surface area contributed by atoms with Gasteiger partial charge in [0.1, 0.15) is 6.07 Å². The highest BCUT2D eigenvalue weighted by Crippen LogP contribution is 2.30. The molecule has 0 spiro atoms. The van der Waals surface area contributed by atoms with Crippen LogP contribution in [0.15, 0.2) is 12.1 Å². The molecule has 0 amide bonds. The Morgan fingerprint density at radius 1 is 1.17 bits per heavy atom. The van der Waals surface area contributed by atoms with Crippen LogP contribution in [0.5, 0.6) is 0 Å². The number of nitrogens with zero attached hydrogens (tertiary/aromatic N) is 2. The molecule has 1 aliphatic heterocycles. The zero-order valence-electron chi connectivity index (χ0n) is 10.6. The maximum Gasteiger partial charge on any atom is 0.183 e. The van der Waals surface area contributed by atoms with Gasteiger partial charge in [0.25, 0.3) is 0 Å². The number of rotatable bonds is 1. The number of benzene rings is 1. The fourth-order valence-corrected chi connectivity index (χ4v) is 2.73. The highest BCUT2D eigenvalue weighted by molar-refractivity contribution is 5.52. The van der Waals surface area contributed by atoms with Gasteiger partial charge in [-0.2, -0.15) is 5.26 Å². The molecule has 0 N–H and O–H groups in total. The molecule has 0 aromatic heterocycles. The molecular weight excluding hydrogens is 234 g/mol. The average molecular weight is 250 g/mol. The smallest absolute Gasteiger partial charge is 0.183 e. The topological polar surface area (TPSA) is 27.0 Å². The van der Waals surface area contributed by atoms with Gasteiger partial charge in [-0.25, -0.2) is 8.78 Å². The lowest BCUT2D eigenvalue weighted by Crippen LogP contribution is -2.39. The van der Waals surface area contributed by atoms with Crippen LogP contribution >= 0.6 is 0 Å². The maximum absolute atomic E-state index is 13.9. The van der Waals surface area contributed by atoms with Gasteiger partial charge in [0.2, 0.25) is 0 Å². The molecule has 1 fully saturated rings. The Kier molecular flexibility index (Phi) is 3.51. The van der Waals surface area contributed by atoms with Gasteiger partial charge in [-0.15, -0.1) is 0 Å². The summed E-state index contributed by atoms with van der Waals surface area (Å²) in [6.07, 6.45) is 1.11. The largest absolute Gasteiger partial charge is 0.369 e. The minimum absolute atomic E-state index is 0.241. The number of nitriles is 1. The molecule has 2 atom stereocenters. The van der Waals surface area contributed by atoms with Crippen molar-refractivity contribution < 1.29 is 8.78 Å². The summed E-state index contributed by atoms with van der Waals surface area (Å²) in [5.41, 5.74) is 0.0271. The van der Waals surface area contributed by atoms with Gasteiger partial charge in [0, 0.05) is 13.1 Å². The fraction of sp³-hybridized carbons (Fsp3) is 0.500. The third-order valence-electron chi connectivity index (χ3n) is 3.39. The van der Waals surface area contributed by atoms with Gasteiger partial charge in [0.05, 0.1) is 11.3 Å². The summed E-state index contributed by atoms with van der Waals surface area (Å²) in [5, 5.41) is 8.66. The number of hydrogen-bond donors (Lipinski definition) is 0. The van der Waals surface area contributed by atoms with Crippen molar-refractivity contribution in [1.82, 2.24) is 0 Å². The Morgan fingerprint density at radius 3 is 2.33 bits per heavy atom.